The third-order valence-electron chi connectivity index (χ3n) is 1.65. The van der Waals surface area contributed by atoms with Crippen molar-refractivity contribution < 1.29 is 17.9 Å². The van der Waals surface area contributed by atoms with Crippen LogP contribution in [0, 0.1) is 0 Å². The second-order valence-corrected chi connectivity index (χ2v) is 6.20. The van der Waals surface area contributed by atoms with Crippen molar-refractivity contribution in [3.8, 4) is 0 Å². The molecule has 0 aliphatic heterocycles. The van der Waals surface area contributed by atoms with Crippen LogP contribution in [0.4, 0.5) is 5.13 Å². The van der Waals surface area contributed by atoms with Gasteiger partial charge in [0.15, 0.2) is 10.8 Å². The van der Waals surface area contributed by atoms with Gasteiger partial charge >= 0.3 is 5.97 Å². The van der Waals surface area contributed by atoms with E-state index in [0.717, 1.165) is 6.26 Å². The molecule has 0 amide bonds. The second-order valence-electron chi connectivity index (χ2n) is 3.09. The van der Waals surface area contributed by atoms with Crippen molar-refractivity contribution in [1.29, 1.82) is 0 Å². The van der Waals surface area contributed by atoms with Crippen LogP contribution in [0.15, 0.2) is 5.38 Å². The number of esters is 1. The number of nitrogens with one attached hydrogen (secondary N) is 1. The van der Waals surface area contributed by atoms with Crippen LogP contribution in [0.1, 0.15) is 10.5 Å². The predicted octanol–water partition coefficient (Wildman–Crippen LogP) is 0.386. The number of carbonyl (C=O) groups is 1. The van der Waals surface area contributed by atoms with Crippen LogP contribution in [-0.2, 0) is 14.6 Å². The Balaban J connectivity index is 2.50. The van der Waals surface area contributed by atoms with Crippen molar-refractivity contribution in [2.75, 3.05) is 31.0 Å². The van der Waals surface area contributed by atoms with Crippen LogP contribution in [0.25, 0.3) is 0 Å². The first-order valence-electron chi connectivity index (χ1n) is 4.38. The second kappa shape index (κ2) is 5.26. The highest BCUT2D eigenvalue weighted by molar-refractivity contribution is 7.90. The van der Waals surface area contributed by atoms with E-state index in [1.807, 2.05) is 0 Å². The summed E-state index contributed by atoms with van der Waals surface area (Å²) in [5.41, 5.74) is 0.217. The molecular weight excluding hydrogens is 252 g/mol. The molecule has 0 aliphatic rings. The Morgan fingerprint density at radius 3 is 2.88 bits per heavy atom. The SMILES string of the molecule is COC(=O)c1csc(NCCS(C)(=O)=O)n1. The lowest BCUT2D eigenvalue weighted by molar-refractivity contribution is 0.0595. The molecule has 0 unspecified atom stereocenters. The van der Waals surface area contributed by atoms with Gasteiger partial charge in [0.2, 0.25) is 0 Å². The third-order valence-corrected chi connectivity index (χ3v) is 3.39. The molecule has 6 nitrogen and oxygen atoms in total. The molecule has 0 saturated heterocycles. The van der Waals surface area contributed by atoms with Gasteiger partial charge in [-0.15, -0.1) is 11.3 Å². The fraction of sp³-hybridized carbons (Fsp3) is 0.500. The van der Waals surface area contributed by atoms with Crippen molar-refractivity contribution in [3.05, 3.63) is 11.1 Å². The van der Waals surface area contributed by atoms with E-state index in [4.69, 9.17) is 0 Å². The minimum absolute atomic E-state index is 0.0279. The van der Waals surface area contributed by atoms with E-state index in [-0.39, 0.29) is 18.0 Å². The lowest BCUT2D eigenvalue weighted by Crippen LogP contribution is -2.14. The van der Waals surface area contributed by atoms with Crippen LogP contribution in [0.5, 0.6) is 0 Å². The highest BCUT2D eigenvalue weighted by Gasteiger charge is 2.10. The lowest BCUT2D eigenvalue weighted by Gasteiger charge is -2.00. The summed E-state index contributed by atoms with van der Waals surface area (Å²) >= 11 is 1.23. The monoisotopic (exact) mass is 264 g/mol. The smallest absolute Gasteiger partial charge is 0.357 e. The number of carbonyl (C=O) groups excluding carboxylic acids is 1. The molecule has 0 atom stereocenters. The number of hydrogen-bond acceptors (Lipinski definition) is 7. The van der Waals surface area contributed by atoms with E-state index in [2.05, 4.69) is 15.0 Å². The molecule has 1 heterocycles. The number of sulfone groups is 1. The minimum atomic E-state index is -2.99. The first-order valence-corrected chi connectivity index (χ1v) is 7.32. The Morgan fingerprint density at radius 1 is 1.62 bits per heavy atom. The number of hydrogen-bond donors (Lipinski definition) is 1. The number of methoxy groups -OCH3 is 1. The Labute approximate surface area is 97.6 Å². The molecule has 0 bridgehead atoms. The Kier molecular flexibility index (Phi) is 4.25. The number of nitrogens with zero attached hydrogens (tertiary/aromatic N) is 1. The van der Waals surface area contributed by atoms with Crippen molar-refractivity contribution in [1.82, 2.24) is 4.98 Å². The van der Waals surface area contributed by atoms with Gasteiger partial charge in [-0.05, 0) is 0 Å². The molecule has 1 N–H and O–H groups in total. The zero-order valence-electron chi connectivity index (χ0n) is 8.89. The van der Waals surface area contributed by atoms with Crippen molar-refractivity contribution in [2.24, 2.45) is 0 Å². The van der Waals surface area contributed by atoms with E-state index < -0.39 is 15.8 Å². The summed E-state index contributed by atoms with van der Waals surface area (Å²) in [7, 11) is -1.71. The molecule has 0 radical (unpaired) electrons. The number of ether oxygens (including phenoxy) is 1. The van der Waals surface area contributed by atoms with Gasteiger partial charge in [-0.2, -0.15) is 0 Å². The molecular formula is C8H12N2O4S2. The van der Waals surface area contributed by atoms with Gasteiger partial charge in [0.1, 0.15) is 9.84 Å². The molecule has 8 heteroatoms. The fourth-order valence-electron chi connectivity index (χ4n) is 0.897. The Hall–Kier alpha value is -1.15. The van der Waals surface area contributed by atoms with Crippen LogP contribution in [0.3, 0.4) is 0 Å². The number of aromatic nitrogens is 1. The molecule has 16 heavy (non-hydrogen) atoms. The fourth-order valence-corrected chi connectivity index (χ4v) is 2.08. The molecule has 0 saturated carbocycles. The number of rotatable bonds is 5. The van der Waals surface area contributed by atoms with Crippen molar-refractivity contribution in [3.63, 3.8) is 0 Å². The normalized spacial score (nSPS) is 11.1. The maximum atomic E-state index is 11.1. The summed E-state index contributed by atoms with van der Waals surface area (Å²) in [5.74, 6) is -0.479. The number of anilines is 1. The van der Waals surface area contributed by atoms with Gasteiger partial charge in [-0.3, -0.25) is 0 Å². The van der Waals surface area contributed by atoms with Crippen molar-refractivity contribution in [2.45, 2.75) is 0 Å². The molecule has 1 rings (SSSR count). The number of thiazole rings is 1. The quantitative estimate of drug-likeness (QED) is 0.774. The summed E-state index contributed by atoms with van der Waals surface area (Å²) in [6, 6.07) is 0. The van der Waals surface area contributed by atoms with Crippen LogP contribution < -0.4 is 5.32 Å². The molecule has 0 aliphatic carbocycles. The van der Waals surface area contributed by atoms with E-state index in [9.17, 15) is 13.2 Å². The summed E-state index contributed by atoms with van der Waals surface area (Å²) in [6.45, 7) is 0.271. The van der Waals surface area contributed by atoms with Gasteiger partial charge in [0.05, 0.1) is 12.9 Å². The van der Waals surface area contributed by atoms with Gasteiger partial charge in [-0.25, -0.2) is 18.2 Å². The van der Waals surface area contributed by atoms with E-state index in [1.165, 1.54) is 18.4 Å². The molecule has 0 aromatic carbocycles. The summed E-state index contributed by atoms with van der Waals surface area (Å²) in [6.07, 6.45) is 1.16. The Bertz CT molecular complexity index is 466. The van der Waals surface area contributed by atoms with Gasteiger partial charge < -0.3 is 10.1 Å². The lowest BCUT2D eigenvalue weighted by atomic mass is 10.5. The first kappa shape index (κ1) is 12.9. The average Bonchev–Trinajstić information content (AvgIpc) is 2.63. The minimum Gasteiger partial charge on any atom is -0.464 e. The summed E-state index contributed by atoms with van der Waals surface area (Å²) < 4.78 is 26.2. The van der Waals surface area contributed by atoms with E-state index in [1.54, 1.807) is 5.38 Å². The van der Waals surface area contributed by atoms with E-state index >= 15 is 0 Å². The molecule has 0 fully saturated rings. The predicted molar refractivity (Wildman–Crippen MR) is 61.7 cm³/mol. The molecule has 0 spiro atoms. The summed E-state index contributed by atoms with van der Waals surface area (Å²) in [5, 5.41) is 4.87. The van der Waals surface area contributed by atoms with Crippen LogP contribution in [0.2, 0.25) is 0 Å². The van der Waals surface area contributed by atoms with Gasteiger partial charge in [-0.1, -0.05) is 0 Å². The zero-order valence-corrected chi connectivity index (χ0v) is 10.5. The third kappa shape index (κ3) is 4.15. The molecule has 90 valence electrons. The maximum Gasteiger partial charge on any atom is 0.357 e. The highest BCUT2D eigenvalue weighted by atomic mass is 32.2. The summed E-state index contributed by atoms with van der Waals surface area (Å²) in [4.78, 5) is 15.0. The largest absolute Gasteiger partial charge is 0.464 e. The average molecular weight is 264 g/mol. The van der Waals surface area contributed by atoms with Crippen LogP contribution >= 0.6 is 11.3 Å². The molecule has 1 aromatic heterocycles. The highest BCUT2D eigenvalue weighted by Crippen LogP contribution is 2.15. The first-order chi connectivity index (χ1) is 7.42. The van der Waals surface area contributed by atoms with Crippen LogP contribution in [-0.4, -0.2) is 45.0 Å². The Morgan fingerprint density at radius 2 is 2.31 bits per heavy atom. The topological polar surface area (TPSA) is 85.4 Å². The van der Waals surface area contributed by atoms with E-state index in [0.29, 0.717) is 5.13 Å². The van der Waals surface area contributed by atoms with Crippen molar-refractivity contribution >= 4 is 32.3 Å². The van der Waals surface area contributed by atoms with Gasteiger partial charge in [0.25, 0.3) is 0 Å². The maximum absolute atomic E-state index is 11.1. The standard InChI is InChI=1S/C8H12N2O4S2/c1-14-7(11)6-5-15-8(10-6)9-3-4-16(2,12)13/h5H,3-4H2,1-2H3,(H,9,10). The zero-order chi connectivity index (χ0) is 12.2. The molecule has 1 aromatic rings. The van der Waals surface area contributed by atoms with Gasteiger partial charge in [0, 0.05) is 18.2 Å².